The molecule has 0 aliphatic carbocycles. The van der Waals surface area contributed by atoms with Crippen molar-refractivity contribution in [2.75, 3.05) is 24.7 Å². The number of aromatic nitrogens is 3. The van der Waals surface area contributed by atoms with Crippen LogP contribution in [0.4, 0.5) is 0 Å². The Bertz CT molecular complexity index is 683. The monoisotopic (exact) mass is 372 g/mol. The van der Waals surface area contributed by atoms with Crippen LogP contribution in [0.3, 0.4) is 0 Å². The van der Waals surface area contributed by atoms with Gasteiger partial charge in [-0.25, -0.2) is 14.7 Å². The number of carbonyl (C=O) groups is 2. The Morgan fingerprint density at radius 3 is 2.92 bits per heavy atom. The number of esters is 1. The van der Waals surface area contributed by atoms with Crippen LogP contribution in [0.25, 0.3) is 0 Å². The van der Waals surface area contributed by atoms with Gasteiger partial charge in [-0.2, -0.15) is 0 Å². The van der Waals surface area contributed by atoms with Crippen LogP contribution in [-0.2, 0) is 20.9 Å². The summed E-state index contributed by atoms with van der Waals surface area (Å²) in [6, 6.07) is 0. The lowest BCUT2D eigenvalue weighted by molar-refractivity contribution is -0.137. The lowest BCUT2D eigenvalue weighted by atomic mass is 10.5. The molecule has 132 valence electrons. The van der Waals surface area contributed by atoms with Crippen molar-refractivity contribution in [1.82, 2.24) is 19.7 Å². The van der Waals surface area contributed by atoms with Crippen molar-refractivity contribution in [1.29, 1.82) is 0 Å². The van der Waals surface area contributed by atoms with Gasteiger partial charge in [0.25, 0.3) is 0 Å². The summed E-state index contributed by atoms with van der Waals surface area (Å²) in [4.78, 5) is 36.7. The molecule has 8 nitrogen and oxygen atoms in total. The molecule has 1 aromatic rings. The molecule has 0 saturated carbocycles. The summed E-state index contributed by atoms with van der Waals surface area (Å²) < 4.78 is 6.47. The first-order valence-corrected chi connectivity index (χ1v) is 9.63. The van der Waals surface area contributed by atoms with Crippen molar-refractivity contribution >= 4 is 35.4 Å². The maximum atomic E-state index is 12.0. The highest BCUT2D eigenvalue weighted by atomic mass is 32.2. The fourth-order valence-electron chi connectivity index (χ4n) is 2.12. The van der Waals surface area contributed by atoms with Gasteiger partial charge in [0.1, 0.15) is 0 Å². The standard InChI is InChI=1S/C14H20N4O4S2/c1-3-5-18-13(21)15-16-14(18)23-7-6-17-10(19)9-24-11(17)8-12(20)22-4-2/h8H,3-7,9H2,1-2H3,(H,15,21). The van der Waals surface area contributed by atoms with Crippen molar-refractivity contribution in [2.24, 2.45) is 0 Å². The average molecular weight is 372 g/mol. The van der Waals surface area contributed by atoms with Crippen molar-refractivity contribution in [2.45, 2.75) is 32.0 Å². The van der Waals surface area contributed by atoms with Gasteiger partial charge in [0.2, 0.25) is 5.91 Å². The Kier molecular flexibility index (Phi) is 6.98. The number of nitrogens with zero attached hydrogens (tertiary/aromatic N) is 3. The van der Waals surface area contributed by atoms with Crippen LogP contribution in [0.1, 0.15) is 20.3 Å². The Morgan fingerprint density at radius 2 is 2.21 bits per heavy atom. The highest BCUT2D eigenvalue weighted by Crippen LogP contribution is 2.29. The van der Waals surface area contributed by atoms with E-state index in [1.807, 2.05) is 6.92 Å². The maximum absolute atomic E-state index is 12.0. The fourth-order valence-corrected chi connectivity index (χ4v) is 3.97. The molecule has 2 rings (SSSR count). The van der Waals surface area contributed by atoms with Gasteiger partial charge in [0.05, 0.1) is 23.5 Å². The number of hydrogen-bond donors (Lipinski definition) is 1. The predicted octanol–water partition coefficient (Wildman–Crippen LogP) is 1.05. The second-order valence-electron chi connectivity index (χ2n) is 4.88. The van der Waals surface area contributed by atoms with E-state index in [1.165, 1.54) is 29.6 Å². The first-order valence-electron chi connectivity index (χ1n) is 7.66. The van der Waals surface area contributed by atoms with Gasteiger partial charge < -0.3 is 9.64 Å². The van der Waals surface area contributed by atoms with Crippen molar-refractivity contribution in [3.8, 4) is 0 Å². The molecule has 24 heavy (non-hydrogen) atoms. The Morgan fingerprint density at radius 1 is 1.42 bits per heavy atom. The van der Waals surface area contributed by atoms with Crippen LogP contribution < -0.4 is 5.69 Å². The summed E-state index contributed by atoms with van der Waals surface area (Å²) >= 11 is 2.73. The molecule has 10 heteroatoms. The van der Waals surface area contributed by atoms with Crippen LogP contribution in [0.2, 0.25) is 0 Å². The number of ether oxygens (including phenoxy) is 1. The SMILES string of the molecule is CCCn1c(SCCN2C(=O)CSC2=CC(=O)OCC)n[nH]c1=O. The van der Waals surface area contributed by atoms with Gasteiger partial charge in [0, 0.05) is 18.8 Å². The van der Waals surface area contributed by atoms with E-state index in [2.05, 4.69) is 10.2 Å². The number of carbonyl (C=O) groups excluding carboxylic acids is 2. The highest BCUT2D eigenvalue weighted by Gasteiger charge is 2.27. The van der Waals surface area contributed by atoms with E-state index in [9.17, 15) is 14.4 Å². The normalized spacial score (nSPS) is 16.2. The summed E-state index contributed by atoms with van der Waals surface area (Å²) in [7, 11) is 0. The number of H-pyrrole nitrogens is 1. The summed E-state index contributed by atoms with van der Waals surface area (Å²) in [5.41, 5.74) is -0.227. The zero-order valence-corrected chi connectivity index (χ0v) is 15.2. The summed E-state index contributed by atoms with van der Waals surface area (Å²) in [6.07, 6.45) is 2.19. The van der Waals surface area contributed by atoms with E-state index in [0.29, 0.717) is 41.4 Å². The quantitative estimate of drug-likeness (QED) is 0.414. The first kappa shape index (κ1) is 18.7. The third kappa shape index (κ3) is 4.67. The minimum atomic E-state index is -0.448. The van der Waals surface area contributed by atoms with Crippen LogP contribution in [-0.4, -0.2) is 56.2 Å². The van der Waals surface area contributed by atoms with Crippen LogP contribution >= 0.6 is 23.5 Å². The Labute approximate surface area is 148 Å². The third-order valence-corrected chi connectivity index (χ3v) is 5.14. The minimum Gasteiger partial charge on any atom is -0.463 e. The molecule has 0 aromatic carbocycles. The van der Waals surface area contributed by atoms with Gasteiger partial charge in [-0.15, -0.1) is 5.10 Å². The van der Waals surface area contributed by atoms with E-state index in [0.717, 1.165) is 6.42 Å². The number of amides is 1. The molecule has 0 unspecified atom stereocenters. The molecule has 1 saturated heterocycles. The second-order valence-corrected chi connectivity index (χ2v) is 6.94. The Hall–Kier alpha value is -1.68. The zero-order valence-electron chi connectivity index (χ0n) is 13.6. The molecule has 2 heterocycles. The maximum Gasteiger partial charge on any atom is 0.343 e. The van der Waals surface area contributed by atoms with Gasteiger partial charge in [-0.05, 0) is 13.3 Å². The highest BCUT2D eigenvalue weighted by molar-refractivity contribution is 8.04. The van der Waals surface area contributed by atoms with Crippen LogP contribution in [0.5, 0.6) is 0 Å². The molecule has 1 amide bonds. The molecule has 1 aliphatic heterocycles. The van der Waals surface area contributed by atoms with Crippen molar-refractivity contribution < 1.29 is 14.3 Å². The second kappa shape index (κ2) is 8.97. The number of nitrogens with one attached hydrogen (secondary N) is 1. The molecule has 0 bridgehead atoms. The van der Waals surface area contributed by atoms with Crippen LogP contribution in [0, 0.1) is 0 Å². The average Bonchev–Trinajstić information content (AvgIpc) is 3.06. The number of aromatic amines is 1. The fraction of sp³-hybridized carbons (Fsp3) is 0.571. The van der Waals surface area contributed by atoms with Gasteiger partial charge in [0.15, 0.2) is 5.16 Å². The van der Waals surface area contributed by atoms with E-state index in [1.54, 1.807) is 16.4 Å². The van der Waals surface area contributed by atoms with Gasteiger partial charge >= 0.3 is 11.7 Å². The minimum absolute atomic E-state index is 0.0378. The van der Waals surface area contributed by atoms with E-state index in [-0.39, 0.29) is 11.6 Å². The van der Waals surface area contributed by atoms with Crippen molar-refractivity contribution in [3.05, 3.63) is 21.6 Å². The number of hydrogen-bond acceptors (Lipinski definition) is 7. The number of thioether (sulfide) groups is 2. The van der Waals surface area contributed by atoms with Crippen LogP contribution in [0.15, 0.2) is 21.1 Å². The molecule has 0 atom stereocenters. The number of rotatable bonds is 8. The summed E-state index contributed by atoms with van der Waals surface area (Å²) in [5, 5.41) is 7.65. The molecule has 1 N–H and O–H groups in total. The van der Waals surface area contributed by atoms with Crippen molar-refractivity contribution in [3.63, 3.8) is 0 Å². The third-order valence-electron chi connectivity index (χ3n) is 3.16. The van der Waals surface area contributed by atoms with E-state index >= 15 is 0 Å². The summed E-state index contributed by atoms with van der Waals surface area (Å²) in [5.74, 6) is 0.403. The zero-order chi connectivity index (χ0) is 17.5. The Balaban J connectivity index is 1.96. The molecule has 0 radical (unpaired) electrons. The molecular formula is C14H20N4O4S2. The molecule has 1 aromatic heterocycles. The molecular weight excluding hydrogens is 352 g/mol. The predicted molar refractivity (Wildman–Crippen MR) is 92.7 cm³/mol. The first-order chi connectivity index (χ1) is 11.6. The lowest BCUT2D eigenvalue weighted by Crippen LogP contribution is -2.27. The lowest BCUT2D eigenvalue weighted by Gasteiger charge is -2.16. The largest absolute Gasteiger partial charge is 0.463 e. The molecule has 1 fully saturated rings. The smallest absolute Gasteiger partial charge is 0.343 e. The van der Waals surface area contributed by atoms with E-state index < -0.39 is 5.97 Å². The summed E-state index contributed by atoms with van der Waals surface area (Å²) in [6.45, 7) is 5.06. The van der Waals surface area contributed by atoms with Gasteiger partial charge in [-0.3, -0.25) is 9.36 Å². The topological polar surface area (TPSA) is 97.3 Å². The van der Waals surface area contributed by atoms with Gasteiger partial charge in [-0.1, -0.05) is 30.4 Å². The molecule has 0 spiro atoms. The van der Waals surface area contributed by atoms with E-state index in [4.69, 9.17) is 4.74 Å². The molecule has 1 aliphatic rings.